The van der Waals surface area contributed by atoms with Crippen LogP contribution in [0.3, 0.4) is 0 Å². The molecule has 1 amide bonds. The number of aromatic nitrogens is 1. The van der Waals surface area contributed by atoms with Crippen molar-refractivity contribution in [2.45, 2.75) is 19.4 Å². The number of rotatable bonds is 4. The summed E-state index contributed by atoms with van der Waals surface area (Å²) in [5, 5.41) is 5.99. The summed E-state index contributed by atoms with van der Waals surface area (Å²) in [6.45, 7) is 4.43. The van der Waals surface area contributed by atoms with Gasteiger partial charge in [-0.05, 0) is 18.6 Å². The molecular weight excluding hydrogens is 270 g/mol. The van der Waals surface area contributed by atoms with E-state index in [-0.39, 0.29) is 5.91 Å². The Labute approximate surface area is 122 Å². The molecule has 1 aliphatic rings. The molecular formula is C15H19N3O3. The van der Waals surface area contributed by atoms with Crippen molar-refractivity contribution < 1.29 is 13.9 Å². The number of aryl methyl sites for hydroxylation is 1. The second-order valence-corrected chi connectivity index (χ2v) is 5.13. The smallest absolute Gasteiger partial charge is 0.250 e. The van der Waals surface area contributed by atoms with Gasteiger partial charge in [0.05, 0.1) is 6.61 Å². The highest BCUT2D eigenvalue weighted by Gasteiger charge is 2.21. The van der Waals surface area contributed by atoms with E-state index in [1.165, 1.54) is 0 Å². The highest BCUT2D eigenvalue weighted by atomic mass is 16.5. The van der Waals surface area contributed by atoms with Gasteiger partial charge in [0, 0.05) is 26.1 Å². The molecule has 112 valence electrons. The van der Waals surface area contributed by atoms with Crippen molar-refractivity contribution in [2.24, 2.45) is 0 Å². The number of morpholine rings is 1. The van der Waals surface area contributed by atoms with Gasteiger partial charge in [-0.2, -0.15) is 0 Å². The summed E-state index contributed by atoms with van der Waals surface area (Å²) >= 11 is 0. The molecule has 1 aromatic carbocycles. The summed E-state index contributed by atoms with van der Waals surface area (Å²) < 4.78 is 11.1. The van der Waals surface area contributed by atoms with E-state index in [2.05, 4.69) is 15.6 Å². The first-order valence-electron chi connectivity index (χ1n) is 7.19. The molecule has 1 unspecified atom stereocenters. The zero-order valence-corrected chi connectivity index (χ0v) is 12.0. The number of oxazole rings is 1. The van der Waals surface area contributed by atoms with E-state index in [0.29, 0.717) is 32.0 Å². The Morgan fingerprint density at radius 2 is 2.43 bits per heavy atom. The summed E-state index contributed by atoms with van der Waals surface area (Å²) in [7, 11) is 0. The largest absolute Gasteiger partial charge is 0.441 e. The maximum absolute atomic E-state index is 11.9. The fourth-order valence-electron chi connectivity index (χ4n) is 2.38. The number of benzene rings is 1. The minimum absolute atomic E-state index is 0.0884. The zero-order valence-electron chi connectivity index (χ0n) is 12.0. The zero-order chi connectivity index (χ0) is 14.7. The van der Waals surface area contributed by atoms with Crippen molar-refractivity contribution in [2.75, 3.05) is 26.2 Å². The average Bonchev–Trinajstić information content (AvgIpc) is 2.92. The van der Waals surface area contributed by atoms with Gasteiger partial charge in [-0.25, -0.2) is 4.98 Å². The second-order valence-electron chi connectivity index (χ2n) is 5.13. The van der Waals surface area contributed by atoms with E-state index in [4.69, 9.17) is 9.15 Å². The van der Waals surface area contributed by atoms with E-state index in [1.54, 1.807) is 0 Å². The first-order chi connectivity index (χ1) is 10.2. The molecule has 6 heteroatoms. The minimum Gasteiger partial charge on any atom is -0.441 e. The van der Waals surface area contributed by atoms with Gasteiger partial charge < -0.3 is 19.8 Å². The first-order valence-corrected chi connectivity index (χ1v) is 7.19. The lowest BCUT2D eigenvalue weighted by Gasteiger charge is -2.22. The minimum atomic E-state index is -0.398. The van der Waals surface area contributed by atoms with Crippen molar-refractivity contribution >= 4 is 17.0 Å². The topological polar surface area (TPSA) is 76.4 Å². The van der Waals surface area contributed by atoms with Crippen LogP contribution < -0.4 is 10.6 Å². The maximum Gasteiger partial charge on any atom is 0.250 e. The Morgan fingerprint density at radius 3 is 3.19 bits per heavy atom. The van der Waals surface area contributed by atoms with Crippen LogP contribution in [0.5, 0.6) is 0 Å². The summed E-state index contributed by atoms with van der Waals surface area (Å²) in [5.41, 5.74) is 2.77. The molecule has 0 saturated carbocycles. The number of ether oxygens (including phenoxy) is 1. The van der Waals surface area contributed by atoms with Gasteiger partial charge in [0.1, 0.15) is 11.6 Å². The summed E-state index contributed by atoms with van der Waals surface area (Å²) in [6.07, 6.45) is 0.171. The third-order valence-electron chi connectivity index (χ3n) is 3.52. The number of nitrogens with one attached hydrogen (secondary N) is 2. The van der Waals surface area contributed by atoms with Crippen molar-refractivity contribution in [3.63, 3.8) is 0 Å². The van der Waals surface area contributed by atoms with Crippen LogP contribution in [0, 0.1) is 6.92 Å². The lowest BCUT2D eigenvalue weighted by Crippen LogP contribution is -2.48. The van der Waals surface area contributed by atoms with Gasteiger partial charge in [0.25, 0.3) is 0 Å². The molecule has 21 heavy (non-hydrogen) atoms. The molecule has 2 heterocycles. The molecule has 0 radical (unpaired) electrons. The normalized spacial score (nSPS) is 18.8. The number of hydrogen-bond donors (Lipinski definition) is 2. The third kappa shape index (κ3) is 3.22. The van der Waals surface area contributed by atoms with Crippen LogP contribution in [0.4, 0.5) is 0 Å². The average molecular weight is 289 g/mol. The highest BCUT2D eigenvalue weighted by molar-refractivity contribution is 5.81. The number of carbonyl (C=O) groups excluding carboxylic acids is 1. The van der Waals surface area contributed by atoms with E-state index < -0.39 is 6.10 Å². The molecule has 1 fully saturated rings. The molecule has 2 aromatic rings. The van der Waals surface area contributed by atoms with Crippen LogP contribution in [0.1, 0.15) is 11.5 Å². The molecule has 3 rings (SSSR count). The van der Waals surface area contributed by atoms with E-state index in [9.17, 15) is 4.79 Å². The summed E-state index contributed by atoms with van der Waals surface area (Å²) in [6, 6.07) is 5.85. The lowest BCUT2D eigenvalue weighted by atomic mass is 10.2. The fraction of sp³-hybridized carbons (Fsp3) is 0.467. The molecule has 6 nitrogen and oxygen atoms in total. The molecule has 2 N–H and O–H groups in total. The molecule has 1 aromatic heterocycles. The molecule has 1 aliphatic heterocycles. The number of amides is 1. The standard InChI is InChI=1S/C15H19N3O3/c1-10-3-2-4-11-14(10)18-13(21-11)5-6-17-15(19)12-9-16-7-8-20-12/h2-4,12,16H,5-9H2,1H3,(H,17,19). The first kappa shape index (κ1) is 14.0. The van der Waals surface area contributed by atoms with Crippen LogP contribution in [-0.2, 0) is 16.0 Å². The fourth-order valence-corrected chi connectivity index (χ4v) is 2.38. The number of hydrogen-bond acceptors (Lipinski definition) is 5. The van der Waals surface area contributed by atoms with Crippen LogP contribution in [0.25, 0.3) is 11.1 Å². The van der Waals surface area contributed by atoms with Crippen LogP contribution in [0.2, 0.25) is 0 Å². The molecule has 0 bridgehead atoms. The van der Waals surface area contributed by atoms with Crippen molar-refractivity contribution in [1.29, 1.82) is 0 Å². The predicted molar refractivity (Wildman–Crippen MR) is 78.1 cm³/mol. The van der Waals surface area contributed by atoms with E-state index in [1.807, 2.05) is 25.1 Å². The Morgan fingerprint density at radius 1 is 1.52 bits per heavy atom. The highest BCUT2D eigenvalue weighted by Crippen LogP contribution is 2.18. The Balaban J connectivity index is 1.54. The summed E-state index contributed by atoms with van der Waals surface area (Å²) in [5.74, 6) is 0.553. The molecule has 0 aliphatic carbocycles. The van der Waals surface area contributed by atoms with E-state index in [0.717, 1.165) is 23.2 Å². The van der Waals surface area contributed by atoms with Crippen molar-refractivity contribution in [1.82, 2.24) is 15.6 Å². The summed E-state index contributed by atoms with van der Waals surface area (Å²) in [4.78, 5) is 16.3. The Bertz CT molecular complexity index is 632. The van der Waals surface area contributed by atoms with Gasteiger partial charge in [0.15, 0.2) is 11.5 Å². The van der Waals surface area contributed by atoms with Gasteiger partial charge in [-0.15, -0.1) is 0 Å². The van der Waals surface area contributed by atoms with Gasteiger partial charge in [0.2, 0.25) is 5.91 Å². The van der Waals surface area contributed by atoms with Crippen LogP contribution in [0.15, 0.2) is 22.6 Å². The van der Waals surface area contributed by atoms with Crippen molar-refractivity contribution in [3.8, 4) is 0 Å². The third-order valence-corrected chi connectivity index (χ3v) is 3.52. The molecule has 1 saturated heterocycles. The number of nitrogens with zero attached hydrogens (tertiary/aromatic N) is 1. The van der Waals surface area contributed by atoms with Gasteiger partial charge in [-0.1, -0.05) is 12.1 Å². The van der Waals surface area contributed by atoms with Gasteiger partial charge in [-0.3, -0.25) is 4.79 Å². The molecule has 1 atom stereocenters. The maximum atomic E-state index is 11.9. The lowest BCUT2D eigenvalue weighted by molar-refractivity contribution is -0.134. The van der Waals surface area contributed by atoms with Crippen LogP contribution in [-0.4, -0.2) is 43.2 Å². The number of para-hydroxylation sites is 1. The number of fused-ring (bicyclic) bond motifs is 1. The van der Waals surface area contributed by atoms with Gasteiger partial charge >= 0.3 is 0 Å². The second kappa shape index (κ2) is 6.24. The predicted octanol–water partition coefficient (Wildman–Crippen LogP) is 0.783. The quantitative estimate of drug-likeness (QED) is 0.870. The van der Waals surface area contributed by atoms with Crippen LogP contribution >= 0.6 is 0 Å². The monoisotopic (exact) mass is 289 g/mol. The Kier molecular flexibility index (Phi) is 4.17. The number of carbonyl (C=O) groups is 1. The van der Waals surface area contributed by atoms with Crippen molar-refractivity contribution in [3.05, 3.63) is 29.7 Å². The SMILES string of the molecule is Cc1cccc2oc(CCNC(=O)C3CNCCO3)nc12. The van der Waals surface area contributed by atoms with E-state index >= 15 is 0 Å². The Hall–Kier alpha value is -1.92. The molecule has 0 spiro atoms.